The maximum atomic E-state index is 12.0. The smallest absolute Gasteiger partial charge is 0.318 e. The highest BCUT2D eigenvalue weighted by Gasteiger charge is 2.31. The maximum Gasteiger partial charge on any atom is 0.318 e. The van der Waals surface area contributed by atoms with E-state index in [9.17, 15) is 9.90 Å². The Morgan fingerprint density at radius 2 is 2.09 bits per heavy atom. The molecule has 1 aliphatic carbocycles. The van der Waals surface area contributed by atoms with Crippen LogP contribution in [0.15, 0.2) is 24.8 Å². The van der Waals surface area contributed by atoms with Crippen molar-refractivity contribution in [1.29, 1.82) is 5.41 Å². The average molecular weight is 465 g/mol. The van der Waals surface area contributed by atoms with Gasteiger partial charge in [0.2, 0.25) is 5.91 Å². The zero-order valence-electron chi connectivity index (χ0n) is 19.6. The van der Waals surface area contributed by atoms with Crippen LogP contribution in [0.3, 0.4) is 0 Å². The molecule has 180 valence electrons. The van der Waals surface area contributed by atoms with Gasteiger partial charge in [-0.25, -0.2) is 0 Å². The highest BCUT2D eigenvalue weighted by atomic mass is 16.5. The lowest BCUT2D eigenvalue weighted by molar-refractivity contribution is -0.126. The minimum absolute atomic E-state index is 0.0568. The number of benzene rings is 1. The number of nitrogen functional groups attached to an aromatic ring is 1. The Balaban J connectivity index is 1.66. The molecule has 0 saturated carbocycles. The van der Waals surface area contributed by atoms with Gasteiger partial charge in [0.05, 0.1) is 12.3 Å². The lowest BCUT2D eigenvalue weighted by atomic mass is 9.78. The third-order valence-corrected chi connectivity index (χ3v) is 6.71. The third kappa shape index (κ3) is 4.61. The Morgan fingerprint density at radius 3 is 2.76 bits per heavy atom. The number of hydrogen-bond acceptors (Lipinski definition) is 8. The number of rotatable bonds is 7. The van der Waals surface area contributed by atoms with Gasteiger partial charge in [0.25, 0.3) is 0 Å². The van der Waals surface area contributed by atoms with Crippen molar-refractivity contribution >= 4 is 23.6 Å². The van der Waals surface area contributed by atoms with Crippen molar-refractivity contribution < 1.29 is 14.6 Å². The van der Waals surface area contributed by atoms with Crippen molar-refractivity contribution in [2.45, 2.75) is 32.1 Å². The number of aryl methyl sites for hydroxylation is 1. The molecule has 1 fully saturated rings. The molecule has 1 aromatic heterocycles. The van der Waals surface area contributed by atoms with Crippen molar-refractivity contribution in [3.63, 3.8) is 0 Å². The van der Waals surface area contributed by atoms with Gasteiger partial charge in [0, 0.05) is 49.2 Å². The van der Waals surface area contributed by atoms with Crippen molar-refractivity contribution in [2.24, 2.45) is 0 Å². The summed E-state index contributed by atoms with van der Waals surface area (Å²) in [5.74, 6) is 0.973. The fourth-order valence-electron chi connectivity index (χ4n) is 5.02. The summed E-state index contributed by atoms with van der Waals surface area (Å²) in [7, 11) is 0. The summed E-state index contributed by atoms with van der Waals surface area (Å²) in [4.78, 5) is 25.4. The van der Waals surface area contributed by atoms with E-state index in [4.69, 9.17) is 25.8 Å². The Bertz CT molecular complexity index is 1090. The van der Waals surface area contributed by atoms with E-state index in [1.807, 2.05) is 12.1 Å². The van der Waals surface area contributed by atoms with Crippen LogP contribution in [0, 0.1) is 12.3 Å². The highest BCUT2D eigenvalue weighted by Crippen LogP contribution is 2.39. The van der Waals surface area contributed by atoms with Gasteiger partial charge in [-0.05, 0) is 55.4 Å². The first-order chi connectivity index (χ1) is 16.5. The average Bonchev–Trinajstić information content (AvgIpc) is 2.87. The van der Waals surface area contributed by atoms with E-state index < -0.39 is 0 Å². The number of nitrogens with zero attached hydrogens (tertiary/aromatic N) is 4. The fraction of sp³-hybridized carbons (Fsp3) is 0.440. The molecule has 4 N–H and O–H groups in total. The summed E-state index contributed by atoms with van der Waals surface area (Å²) in [6.07, 6.45) is 5.09. The highest BCUT2D eigenvalue weighted by molar-refractivity contribution is 5.88. The Hall–Kier alpha value is -3.46. The molecular weight excluding hydrogens is 432 g/mol. The largest absolute Gasteiger partial charge is 0.461 e. The van der Waals surface area contributed by atoms with E-state index in [2.05, 4.69) is 18.4 Å². The molecule has 0 spiro atoms. The number of carbonyl (C=O) groups is 1. The van der Waals surface area contributed by atoms with Crippen LogP contribution in [-0.2, 0) is 17.6 Å². The first-order valence-corrected chi connectivity index (χ1v) is 11.7. The molecule has 1 aliphatic heterocycles. The summed E-state index contributed by atoms with van der Waals surface area (Å²) in [5, 5.41) is 17.1. The zero-order chi connectivity index (χ0) is 24.2. The molecule has 1 atom stereocenters. The number of aliphatic hydroxyl groups is 1. The number of amides is 1. The second-order valence-corrected chi connectivity index (χ2v) is 8.73. The molecule has 9 heteroatoms. The zero-order valence-corrected chi connectivity index (χ0v) is 19.6. The Kier molecular flexibility index (Phi) is 7.12. The van der Waals surface area contributed by atoms with Gasteiger partial charge in [-0.3, -0.25) is 4.79 Å². The van der Waals surface area contributed by atoms with Crippen LogP contribution in [0.2, 0.25) is 0 Å². The van der Waals surface area contributed by atoms with E-state index in [1.54, 1.807) is 4.90 Å². The number of carbonyl (C=O) groups excluding carboxylic acids is 1. The van der Waals surface area contributed by atoms with Crippen LogP contribution in [-0.4, -0.2) is 71.5 Å². The second-order valence-electron chi connectivity index (χ2n) is 8.73. The van der Waals surface area contributed by atoms with Crippen LogP contribution >= 0.6 is 0 Å². The summed E-state index contributed by atoms with van der Waals surface area (Å²) in [6, 6.07) is 4.12. The van der Waals surface area contributed by atoms with Gasteiger partial charge < -0.3 is 30.8 Å². The third-order valence-electron chi connectivity index (χ3n) is 6.71. The molecule has 1 aromatic carbocycles. The number of aliphatic hydroxyl groups excluding tert-OH is 1. The maximum absolute atomic E-state index is 12.0. The lowest BCUT2D eigenvalue weighted by Gasteiger charge is -2.37. The van der Waals surface area contributed by atoms with Crippen LogP contribution in [0.1, 0.15) is 40.3 Å². The molecule has 0 radical (unpaired) electrons. The predicted octanol–water partition coefficient (Wildman–Crippen LogP) is 1.84. The van der Waals surface area contributed by atoms with Gasteiger partial charge >= 0.3 is 6.01 Å². The summed E-state index contributed by atoms with van der Waals surface area (Å²) in [6.45, 7) is 8.17. The van der Waals surface area contributed by atoms with Crippen molar-refractivity contribution in [3.8, 4) is 6.01 Å². The Labute approximate surface area is 199 Å². The van der Waals surface area contributed by atoms with Crippen LogP contribution in [0.25, 0.3) is 0 Å². The Morgan fingerprint density at radius 1 is 1.32 bits per heavy atom. The summed E-state index contributed by atoms with van der Waals surface area (Å²) >= 11 is 0. The number of fused-ring (bicyclic) bond motifs is 1. The molecule has 1 unspecified atom stereocenters. The predicted molar refractivity (Wildman–Crippen MR) is 132 cm³/mol. The monoisotopic (exact) mass is 464 g/mol. The quantitative estimate of drug-likeness (QED) is 0.324. The van der Waals surface area contributed by atoms with E-state index >= 15 is 0 Å². The minimum Gasteiger partial charge on any atom is -0.461 e. The van der Waals surface area contributed by atoms with Crippen molar-refractivity contribution in [1.82, 2.24) is 14.9 Å². The minimum atomic E-state index is -0.119. The summed E-state index contributed by atoms with van der Waals surface area (Å²) < 4.78 is 5.63. The topological polar surface area (TPSA) is 129 Å². The summed E-state index contributed by atoms with van der Waals surface area (Å²) in [5.41, 5.74) is 11.8. The van der Waals surface area contributed by atoms with Gasteiger partial charge in [-0.2, -0.15) is 9.97 Å². The van der Waals surface area contributed by atoms with Crippen LogP contribution in [0.4, 0.5) is 11.5 Å². The van der Waals surface area contributed by atoms with E-state index in [0.29, 0.717) is 38.3 Å². The SMILES string of the molecule is C=CC(=O)N1CCN(c2nc(OCCO)nc3c2CCC(c2c(C)ccc(N)c2C=N)C3)CC1. The molecule has 1 amide bonds. The number of anilines is 2. The van der Waals surface area contributed by atoms with E-state index in [1.165, 1.54) is 12.3 Å². The molecular formula is C25H32N6O3. The second kappa shape index (κ2) is 10.2. The standard InChI is InChI=1S/C25H32N6O3/c1-3-22(33)30-8-10-31(11-9-30)24-18-6-5-17(14-21(18)28-25(29-24)34-13-12-32)23-16(2)4-7-20(27)19(23)15-26/h3-4,7,15,17,26,32H,1,5-6,8-14,27H2,2H3. The normalized spacial score (nSPS) is 17.8. The van der Waals surface area contributed by atoms with Gasteiger partial charge in [-0.15, -0.1) is 0 Å². The van der Waals surface area contributed by atoms with Crippen molar-refractivity contribution in [3.05, 3.63) is 52.7 Å². The number of aromatic nitrogens is 2. The first-order valence-electron chi connectivity index (χ1n) is 11.7. The molecule has 4 rings (SSSR count). The lowest BCUT2D eigenvalue weighted by Crippen LogP contribution is -2.49. The van der Waals surface area contributed by atoms with E-state index in [0.717, 1.165) is 46.6 Å². The molecule has 34 heavy (non-hydrogen) atoms. The molecule has 0 bridgehead atoms. The van der Waals surface area contributed by atoms with Crippen LogP contribution < -0.4 is 15.4 Å². The first kappa shape index (κ1) is 23.7. The van der Waals surface area contributed by atoms with Gasteiger partial charge in [-0.1, -0.05) is 12.6 Å². The number of nitrogens with one attached hydrogen (secondary N) is 1. The number of piperazine rings is 1. The fourth-order valence-corrected chi connectivity index (χ4v) is 5.02. The molecule has 9 nitrogen and oxygen atoms in total. The van der Waals surface area contributed by atoms with Gasteiger partial charge in [0.15, 0.2) is 0 Å². The number of hydrogen-bond donors (Lipinski definition) is 3. The molecule has 1 saturated heterocycles. The van der Waals surface area contributed by atoms with Gasteiger partial charge in [0.1, 0.15) is 12.4 Å². The molecule has 2 aliphatic rings. The van der Waals surface area contributed by atoms with E-state index in [-0.39, 0.29) is 31.0 Å². The molecule has 2 aromatic rings. The van der Waals surface area contributed by atoms with Crippen molar-refractivity contribution in [2.75, 3.05) is 50.0 Å². The van der Waals surface area contributed by atoms with Crippen LogP contribution in [0.5, 0.6) is 6.01 Å². The molecule has 2 heterocycles. The number of nitrogens with two attached hydrogens (primary N) is 1. The number of ether oxygens (including phenoxy) is 1.